The number of amides is 1. The van der Waals surface area contributed by atoms with Crippen LogP contribution >= 0.6 is 11.8 Å². The molecule has 0 aromatic carbocycles. The van der Waals surface area contributed by atoms with E-state index in [1.165, 1.54) is 0 Å². The van der Waals surface area contributed by atoms with Crippen LogP contribution in [0.3, 0.4) is 0 Å². The van der Waals surface area contributed by atoms with E-state index in [1.54, 1.807) is 6.92 Å². The van der Waals surface area contributed by atoms with Crippen LogP contribution in [0.2, 0.25) is 0 Å². The van der Waals surface area contributed by atoms with Gasteiger partial charge in [0.05, 0.1) is 18.9 Å². The molecular formula is C16H25N3O3S. The predicted octanol–water partition coefficient (Wildman–Crippen LogP) is 1.48. The van der Waals surface area contributed by atoms with E-state index in [2.05, 4.69) is 15.4 Å². The zero-order valence-electron chi connectivity index (χ0n) is 13.9. The molecule has 1 amide bonds. The summed E-state index contributed by atoms with van der Waals surface area (Å²) >= 11 is 1.97. The first-order chi connectivity index (χ1) is 11.2. The van der Waals surface area contributed by atoms with Crippen molar-refractivity contribution in [3.8, 4) is 0 Å². The summed E-state index contributed by atoms with van der Waals surface area (Å²) < 4.78 is 10.7. The summed E-state index contributed by atoms with van der Waals surface area (Å²) in [5, 5.41) is 7.12. The van der Waals surface area contributed by atoms with Crippen LogP contribution in [0.15, 0.2) is 4.52 Å². The van der Waals surface area contributed by atoms with Crippen molar-refractivity contribution in [2.75, 3.05) is 44.4 Å². The highest BCUT2D eigenvalue weighted by molar-refractivity contribution is 7.99. The number of carbonyl (C=O) groups is 1. The highest BCUT2D eigenvalue weighted by Gasteiger charge is 2.41. The molecule has 1 atom stereocenters. The van der Waals surface area contributed by atoms with Gasteiger partial charge in [-0.3, -0.25) is 9.69 Å². The SMILES string of the molecule is CCc1noc(C)c1C(=O)NC[C@@]1(N2CCOCC2)CCSC1. The zero-order valence-corrected chi connectivity index (χ0v) is 14.7. The lowest BCUT2D eigenvalue weighted by atomic mass is 9.95. The molecule has 2 saturated heterocycles. The zero-order chi connectivity index (χ0) is 16.3. The number of rotatable bonds is 5. The predicted molar refractivity (Wildman–Crippen MR) is 90.0 cm³/mol. The normalized spacial score (nSPS) is 25.7. The van der Waals surface area contributed by atoms with Gasteiger partial charge in [0.25, 0.3) is 5.91 Å². The number of morpholine rings is 1. The lowest BCUT2D eigenvalue weighted by Crippen LogP contribution is -2.59. The molecular weight excluding hydrogens is 314 g/mol. The average Bonchev–Trinajstić information content (AvgIpc) is 3.21. The Morgan fingerprint density at radius 2 is 2.22 bits per heavy atom. The van der Waals surface area contributed by atoms with Crippen LogP contribution in [0.4, 0.5) is 0 Å². The average molecular weight is 339 g/mol. The van der Waals surface area contributed by atoms with Gasteiger partial charge in [0, 0.05) is 30.9 Å². The third kappa shape index (κ3) is 3.41. The molecule has 1 N–H and O–H groups in total. The Morgan fingerprint density at radius 3 is 2.87 bits per heavy atom. The Kier molecular flexibility index (Phi) is 5.28. The van der Waals surface area contributed by atoms with Gasteiger partial charge in [0.2, 0.25) is 0 Å². The molecule has 2 fully saturated rings. The van der Waals surface area contributed by atoms with E-state index in [0.29, 0.717) is 24.3 Å². The van der Waals surface area contributed by atoms with Crippen LogP contribution < -0.4 is 5.32 Å². The number of ether oxygens (including phenoxy) is 1. The smallest absolute Gasteiger partial charge is 0.256 e. The number of thioether (sulfide) groups is 1. The van der Waals surface area contributed by atoms with Crippen LogP contribution in [0.5, 0.6) is 0 Å². The summed E-state index contributed by atoms with van der Waals surface area (Å²) in [4.78, 5) is 15.1. The minimum absolute atomic E-state index is 0.0571. The lowest BCUT2D eigenvalue weighted by Gasteiger charge is -2.43. The Bertz CT molecular complexity index is 549. The highest BCUT2D eigenvalue weighted by Crippen LogP contribution is 2.33. The summed E-state index contributed by atoms with van der Waals surface area (Å²) in [6.07, 6.45) is 1.81. The van der Waals surface area contributed by atoms with Gasteiger partial charge in [0.1, 0.15) is 11.3 Å². The topological polar surface area (TPSA) is 67.6 Å². The molecule has 1 aromatic rings. The highest BCUT2D eigenvalue weighted by atomic mass is 32.2. The molecule has 1 aromatic heterocycles. The van der Waals surface area contributed by atoms with Gasteiger partial charge in [-0.1, -0.05) is 12.1 Å². The van der Waals surface area contributed by atoms with E-state index in [0.717, 1.165) is 49.9 Å². The number of nitrogens with zero attached hydrogens (tertiary/aromatic N) is 2. The Labute approximate surface area is 141 Å². The van der Waals surface area contributed by atoms with Crippen molar-refractivity contribution in [1.29, 1.82) is 0 Å². The van der Waals surface area contributed by atoms with Crippen molar-refractivity contribution < 1.29 is 14.1 Å². The standard InChI is InChI=1S/C16H25N3O3S/c1-3-13-14(12(2)22-18-13)15(20)17-10-16(4-9-23-11-16)19-5-7-21-8-6-19/h3-11H2,1-2H3,(H,17,20)/t16-/m0/s1. The fraction of sp³-hybridized carbons (Fsp3) is 0.750. The third-order valence-corrected chi connectivity index (χ3v) is 6.07. The summed E-state index contributed by atoms with van der Waals surface area (Å²) in [5.74, 6) is 2.75. The van der Waals surface area contributed by atoms with Gasteiger partial charge in [-0.2, -0.15) is 11.8 Å². The molecule has 0 radical (unpaired) electrons. The van der Waals surface area contributed by atoms with E-state index in [1.807, 2.05) is 18.7 Å². The van der Waals surface area contributed by atoms with Gasteiger partial charge >= 0.3 is 0 Å². The van der Waals surface area contributed by atoms with E-state index < -0.39 is 0 Å². The van der Waals surface area contributed by atoms with Gasteiger partial charge < -0.3 is 14.6 Å². The lowest BCUT2D eigenvalue weighted by molar-refractivity contribution is -0.0129. The van der Waals surface area contributed by atoms with Crippen LogP contribution in [0, 0.1) is 6.92 Å². The number of aromatic nitrogens is 1. The fourth-order valence-electron chi connectivity index (χ4n) is 3.42. The molecule has 128 valence electrons. The second kappa shape index (κ2) is 7.23. The summed E-state index contributed by atoms with van der Waals surface area (Å²) in [6.45, 7) is 7.91. The molecule has 0 aliphatic carbocycles. The Morgan fingerprint density at radius 1 is 1.43 bits per heavy atom. The van der Waals surface area contributed by atoms with Crippen molar-refractivity contribution in [3.63, 3.8) is 0 Å². The minimum atomic E-state index is -0.0647. The fourth-order valence-corrected chi connectivity index (χ4v) is 4.90. The van der Waals surface area contributed by atoms with Crippen molar-refractivity contribution in [2.45, 2.75) is 32.2 Å². The van der Waals surface area contributed by atoms with Crippen LogP contribution in [0.1, 0.15) is 35.2 Å². The number of aryl methyl sites for hydroxylation is 2. The van der Waals surface area contributed by atoms with E-state index in [9.17, 15) is 4.79 Å². The summed E-state index contributed by atoms with van der Waals surface area (Å²) in [7, 11) is 0. The molecule has 3 heterocycles. The first-order valence-electron chi connectivity index (χ1n) is 8.30. The van der Waals surface area contributed by atoms with Gasteiger partial charge in [-0.25, -0.2) is 0 Å². The van der Waals surface area contributed by atoms with Gasteiger partial charge in [0.15, 0.2) is 0 Å². The Balaban J connectivity index is 1.69. The molecule has 0 unspecified atom stereocenters. The first-order valence-corrected chi connectivity index (χ1v) is 9.45. The van der Waals surface area contributed by atoms with E-state index in [-0.39, 0.29) is 11.4 Å². The van der Waals surface area contributed by atoms with Crippen LogP contribution in [0.25, 0.3) is 0 Å². The second-order valence-corrected chi connectivity index (χ2v) is 7.33. The molecule has 0 saturated carbocycles. The maximum absolute atomic E-state index is 12.6. The molecule has 7 heteroatoms. The Hall–Kier alpha value is -1.05. The molecule has 2 aliphatic heterocycles. The van der Waals surface area contributed by atoms with Gasteiger partial charge in [-0.15, -0.1) is 0 Å². The second-order valence-electron chi connectivity index (χ2n) is 6.22. The molecule has 0 spiro atoms. The van der Waals surface area contributed by atoms with Crippen molar-refractivity contribution >= 4 is 17.7 Å². The number of hydrogen-bond acceptors (Lipinski definition) is 6. The minimum Gasteiger partial charge on any atom is -0.379 e. The van der Waals surface area contributed by atoms with Crippen molar-refractivity contribution in [3.05, 3.63) is 17.0 Å². The largest absolute Gasteiger partial charge is 0.379 e. The van der Waals surface area contributed by atoms with Crippen LogP contribution in [-0.2, 0) is 11.2 Å². The van der Waals surface area contributed by atoms with E-state index >= 15 is 0 Å². The molecule has 3 rings (SSSR count). The molecule has 0 bridgehead atoms. The van der Waals surface area contributed by atoms with E-state index in [4.69, 9.17) is 9.26 Å². The molecule has 6 nitrogen and oxygen atoms in total. The molecule has 2 aliphatic rings. The first kappa shape index (κ1) is 16.8. The summed E-state index contributed by atoms with van der Waals surface area (Å²) in [5.41, 5.74) is 1.40. The quantitative estimate of drug-likeness (QED) is 0.876. The third-order valence-electron chi connectivity index (χ3n) is 4.84. The monoisotopic (exact) mass is 339 g/mol. The van der Waals surface area contributed by atoms with Crippen molar-refractivity contribution in [1.82, 2.24) is 15.4 Å². The van der Waals surface area contributed by atoms with Crippen molar-refractivity contribution in [2.24, 2.45) is 0 Å². The van der Waals surface area contributed by atoms with Gasteiger partial charge in [-0.05, 0) is 25.5 Å². The number of carbonyl (C=O) groups excluding carboxylic acids is 1. The maximum atomic E-state index is 12.6. The maximum Gasteiger partial charge on any atom is 0.256 e. The molecule has 23 heavy (non-hydrogen) atoms. The summed E-state index contributed by atoms with van der Waals surface area (Å²) in [6, 6.07) is 0. The van der Waals surface area contributed by atoms with Crippen LogP contribution in [-0.4, -0.2) is 65.9 Å². The number of hydrogen-bond donors (Lipinski definition) is 1. The number of nitrogens with one attached hydrogen (secondary N) is 1.